The molecule has 0 rings (SSSR count). The zero-order valence-corrected chi connectivity index (χ0v) is 12.2. The van der Waals surface area contributed by atoms with Crippen molar-refractivity contribution < 1.29 is 0 Å². The summed E-state index contributed by atoms with van der Waals surface area (Å²) in [6.07, 6.45) is 13.3. The summed E-state index contributed by atoms with van der Waals surface area (Å²) in [6, 6.07) is 0. The Morgan fingerprint density at radius 3 is 1.93 bits per heavy atom. The van der Waals surface area contributed by atoms with E-state index < -0.39 is 0 Å². The highest BCUT2D eigenvalue weighted by molar-refractivity contribution is 7.57. The van der Waals surface area contributed by atoms with Crippen molar-refractivity contribution in [1.82, 2.24) is 0 Å². The molecule has 0 aliphatic carbocycles. The average Bonchev–Trinajstić information content (AvgIpc) is 2.18. The van der Waals surface area contributed by atoms with Gasteiger partial charge in [0.05, 0.1) is 0 Å². The van der Waals surface area contributed by atoms with Gasteiger partial charge >= 0.3 is 0 Å². The van der Waals surface area contributed by atoms with Crippen LogP contribution in [0.5, 0.6) is 0 Å². The molecule has 0 aliphatic heterocycles. The second-order valence-corrected chi connectivity index (χ2v) is 8.13. The predicted molar refractivity (Wildman–Crippen MR) is 75.1 cm³/mol. The molecule has 1 atom stereocenters. The first-order valence-electron chi connectivity index (χ1n) is 6.28. The Morgan fingerprint density at radius 2 is 1.43 bits per heavy atom. The first-order chi connectivity index (χ1) is 6.85. The Hall–Kier alpha value is 0.860. The van der Waals surface area contributed by atoms with Gasteiger partial charge in [-0.15, -0.1) is 16.5 Å². The Balaban J connectivity index is 3.30. The molecule has 86 valence electrons. The van der Waals surface area contributed by atoms with Gasteiger partial charge < -0.3 is 0 Å². The molecule has 0 saturated heterocycles. The van der Waals surface area contributed by atoms with Crippen LogP contribution in [0.1, 0.15) is 46.5 Å². The quantitative estimate of drug-likeness (QED) is 0.377. The van der Waals surface area contributed by atoms with E-state index in [2.05, 4.69) is 20.8 Å². The van der Waals surface area contributed by atoms with Crippen molar-refractivity contribution in [2.45, 2.75) is 46.5 Å². The highest BCUT2D eigenvalue weighted by Gasteiger charge is 2.04. The van der Waals surface area contributed by atoms with Gasteiger partial charge in [-0.2, -0.15) is 0 Å². The van der Waals surface area contributed by atoms with Gasteiger partial charge in [-0.25, -0.2) is 0 Å². The Kier molecular flexibility index (Phi) is 12.7. The summed E-state index contributed by atoms with van der Waals surface area (Å²) in [6.45, 7) is 6.97. The molecule has 0 heterocycles. The zero-order chi connectivity index (χ0) is 10.6. The lowest BCUT2D eigenvalue weighted by Gasteiger charge is -2.15. The molecule has 2 heteroatoms. The fourth-order valence-electron chi connectivity index (χ4n) is 1.70. The van der Waals surface area contributed by atoms with Crippen molar-refractivity contribution in [2.24, 2.45) is 0 Å². The van der Waals surface area contributed by atoms with E-state index in [0.717, 1.165) is 0 Å². The van der Waals surface area contributed by atoms with Gasteiger partial charge in [-0.3, -0.25) is 0 Å². The maximum Gasteiger partial charge on any atom is -0.0323 e. The molecular formula is C12H28P2. The summed E-state index contributed by atoms with van der Waals surface area (Å²) in [7, 11) is 1.67. The summed E-state index contributed by atoms with van der Waals surface area (Å²) >= 11 is 0. The SMILES string of the molecule is CCCPCCCP(CCC)CCC. The molecule has 0 bridgehead atoms. The van der Waals surface area contributed by atoms with Crippen LogP contribution in [-0.2, 0) is 0 Å². The van der Waals surface area contributed by atoms with Crippen molar-refractivity contribution in [3.63, 3.8) is 0 Å². The third kappa shape index (κ3) is 9.42. The Morgan fingerprint density at radius 1 is 0.786 bits per heavy atom. The van der Waals surface area contributed by atoms with E-state index in [9.17, 15) is 0 Å². The summed E-state index contributed by atoms with van der Waals surface area (Å²) < 4.78 is 0. The van der Waals surface area contributed by atoms with Crippen LogP contribution in [0.2, 0.25) is 0 Å². The van der Waals surface area contributed by atoms with Crippen molar-refractivity contribution in [2.75, 3.05) is 30.8 Å². The lowest BCUT2D eigenvalue weighted by atomic mass is 10.6. The van der Waals surface area contributed by atoms with Gasteiger partial charge in [0.15, 0.2) is 0 Å². The topological polar surface area (TPSA) is 0 Å². The molecule has 0 spiro atoms. The predicted octanol–water partition coefficient (Wildman–Crippen LogP) is 4.77. The standard InChI is InChI=1S/C12H28P2/c1-4-8-13-9-7-12-14(10-5-2)11-6-3/h13H,4-12H2,1-3H3. The summed E-state index contributed by atoms with van der Waals surface area (Å²) in [5.41, 5.74) is 0. The van der Waals surface area contributed by atoms with Gasteiger partial charge in [0.25, 0.3) is 0 Å². The minimum atomic E-state index is 0.423. The highest BCUT2D eigenvalue weighted by Crippen LogP contribution is 2.38. The van der Waals surface area contributed by atoms with Gasteiger partial charge in [-0.05, 0) is 37.2 Å². The molecular weight excluding hydrogens is 206 g/mol. The van der Waals surface area contributed by atoms with Crippen LogP contribution in [0.3, 0.4) is 0 Å². The minimum Gasteiger partial charge on any atom is -0.122 e. The molecule has 0 nitrogen and oxygen atoms in total. The van der Waals surface area contributed by atoms with Crippen molar-refractivity contribution >= 4 is 16.5 Å². The van der Waals surface area contributed by atoms with Crippen LogP contribution in [0.4, 0.5) is 0 Å². The smallest absolute Gasteiger partial charge is 0.0323 e. The fourth-order valence-corrected chi connectivity index (χ4v) is 5.57. The van der Waals surface area contributed by atoms with Crippen LogP contribution < -0.4 is 0 Å². The monoisotopic (exact) mass is 234 g/mol. The third-order valence-corrected chi connectivity index (χ3v) is 7.00. The summed E-state index contributed by atoms with van der Waals surface area (Å²) in [5, 5.41) is 0. The van der Waals surface area contributed by atoms with E-state index in [1.165, 1.54) is 58.9 Å². The summed E-state index contributed by atoms with van der Waals surface area (Å²) in [4.78, 5) is 0. The molecule has 0 aromatic carbocycles. The first kappa shape index (κ1) is 14.9. The number of hydrogen-bond acceptors (Lipinski definition) is 0. The molecule has 1 unspecified atom stereocenters. The first-order valence-corrected chi connectivity index (χ1v) is 9.59. The van der Waals surface area contributed by atoms with Gasteiger partial charge in [0.2, 0.25) is 0 Å². The lowest BCUT2D eigenvalue weighted by Crippen LogP contribution is -1.95. The minimum absolute atomic E-state index is 0.423. The molecule has 0 aromatic rings. The molecule has 0 aromatic heterocycles. The highest BCUT2D eigenvalue weighted by atomic mass is 31.1. The second-order valence-electron chi connectivity index (χ2n) is 3.95. The van der Waals surface area contributed by atoms with Crippen molar-refractivity contribution in [3.05, 3.63) is 0 Å². The second kappa shape index (κ2) is 11.9. The Bertz CT molecular complexity index is 98.5. The molecule has 0 N–H and O–H groups in total. The van der Waals surface area contributed by atoms with E-state index in [1.54, 1.807) is 6.16 Å². The van der Waals surface area contributed by atoms with E-state index in [1.807, 2.05) is 0 Å². The molecule has 0 radical (unpaired) electrons. The maximum atomic E-state index is 2.34. The maximum absolute atomic E-state index is 2.34. The van der Waals surface area contributed by atoms with Crippen molar-refractivity contribution in [1.29, 1.82) is 0 Å². The van der Waals surface area contributed by atoms with Gasteiger partial charge in [-0.1, -0.05) is 40.0 Å². The van der Waals surface area contributed by atoms with Crippen molar-refractivity contribution in [3.8, 4) is 0 Å². The largest absolute Gasteiger partial charge is 0.122 e. The fraction of sp³-hybridized carbons (Fsp3) is 1.00. The molecule has 14 heavy (non-hydrogen) atoms. The third-order valence-electron chi connectivity index (χ3n) is 2.33. The lowest BCUT2D eigenvalue weighted by molar-refractivity contribution is 1.02. The van der Waals surface area contributed by atoms with Crippen LogP contribution in [0.25, 0.3) is 0 Å². The molecule has 0 fully saturated rings. The van der Waals surface area contributed by atoms with Crippen LogP contribution >= 0.6 is 16.5 Å². The van der Waals surface area contributed by atoms with Crippen LogP contribution in [-0.4, -0.2) is 30.8 Å². The van der Waals surface area contributed by atoms with Gasteiger partial charge in [0.1, 0.15) is 0 Å². The van der Waals surface area contributed by atoms with Crippen LogP contribution in [0, 0.1) is 0 Å². The van der Waals surface area contributed by atoms with E-state index in [-0.39, 0.29) is 0 Å². The Labute approximate surface area is 94.2 Å². The summed E-state index contributed by atoms with van der Waals surface area (Å²) in [5.74, 6) is 0. The number of hydrogen-bond donors (Lipinski definition) is 0. The number of rotatable bonds is 10. The zero-order valence-electron chi connectivity index (χ0n) is 10.3. The van der Waals surface area contributed by atoms with Gasteiger partial charge in [0, 0.05) is 0 Å². The molecule has 0 saturated carbocycles. The average molecular weight is 234 g/mol. The molecule has 0 amide bonds. The van der Waals surface area contributed by atoms with Crippen LogP contribution in [0.15, 0.2) is 0 Å². The van der Waals surface area contributed by atoms with E-state index in [0.29, 0.717) is 7.92 Å². The van der Waals surface area contributed by atoms with E-state index >= 15 is 0 Å². The molecule has 0 aliphatic rings. The normalized spacial score (nSPS) is 12.0. The van der Waals surface area contributed by atoms with E-state index in [4.69, 9.17) is 0 Å².